The Morgan fingerprint density at radius 3 is 2.43 bits per heavy atom. The number of carbonyl (C=O) groups excluding carboxylic acids is 1. The maximum atomic E-state index is 11.0. The number of benzene rings is 1. The van der Waals surface area contributed by atoms with Crippen LogP contribution in [0.4, 0.5) is 0 Å². The molecule has 1 aromatic carbocycles. The summed E-state index contributed by atoms with van der Waals surface area (Å²) < 4.78 is 0. The van der Waals surface area contributed by atoms with Crippen LogP contribution in [0.3, 0.4) is 0 Å². The Labute approximate surface area is 81.9 Å². The molecule has 0 saturated carbocycles. The summed E-state index contributed by atoms with van der Waals surface area (Å²) in [6.45, 7) is 0. The Balaban J connectivity index is 2.66. The van der Waals surface area contributed by atoms with Crippen LogP contribution in [-0.4, -0.2) is 11.9 Å². The minimum Gasteiger partial charge on any atom is -0.370 e. The van der Waals surface area contributed by atoms with Gasteiger partial charge in [-0.05, 0) is 11.6 Å². The first-order chi connectivity index (χ1) is 6.68. The van der Waals surface area contributed by atoms with Crippen molar-refractivity contribution < 1.29 is 4.79 Å². The van der Waals surface area contributed by atoms with E-state index in [1.165, 1.54) is 6.08 Å². The monoisotopic (exact) mass is 189 g/mol. The van der Waals surface area contributed by atoms with E-state index in [9.17, 15) is 4.79 Å². The average molecular weight is 189 g/mol. The van der Waals surface area contributed by atoms with Gasteiger partial charge in [-0.1, -0.05) is 30.3 Å². The molecule has 0 heterocycles. The van der Waals surface area contributed by atoms with Gasteiger partial charge in [0.1, 0.15) is 0 Å². The van der Waals surface area contributed by atoms with E-state index in [1.54, 1.807) is 6.08 Å². The summed E-state index contributed by atoms with van der Waals surface area (Å²) >= 11 is 0. The standard InChI is InChI=1S/C10H11N3O/c11-10(12)13-9(14)7-6-8-4-2-1-3-5-8/h1-7H,(H4,11,12,13,14). The molecule has 0 bridgehead atoms. The Kier molecular flexibility index (Phi) is 3.43. The molecule has 1 rings (SSSR count). The van der Waals surface area contributed by atoms with E-state index < -0.39 is 5.91 Å². The normalized spacial score (nSPS) is 10.0. The van der Waals surface area contributed by atoms with Crippen molar-refractivity contribution in [3.8, 4) is 0 Å². The lowest BCUT2D eigenvalue weighted by Crippen LogP contribution is -2.23. The summed E-state index contributed by atoms with van der Waals surface area (Å²) in [5, 5.41) is 0. The Morgan fingerprint density at radius 1 is 1.21 bits per heavy atom. The van der Waals surface area contributed by atoms with E-state index in [0.717, 1.165) is 5.56 Å². The van der Waals surface area contributed by atoms with E-state index in [0.29, 0.717) is 0 Å². The number of rotatable bonds is 2. The summed E-state index contributed by atoms with van der Waals surface area (Å²) in [6.07, 6.45) is 2.96. The zero-order valence-corrected chi connectivity index (χ0v) is 7.55. The number of hydrogen-bond acceptors (Lipinski definition) is 1. The zero-order chi connectivity index (χ0) is 10.4. The van der Waals surface area contributed by atoms with Crippen molar-refractivity contribution in [3.05, 3.63) is 42.0 Å². The molecule has 4 N–H and O–H groups in total. The second-order valence-electron chi connectivity index (χ2n) is 2.62. The van der Waals surface area contributed by atoms with Crippen molar-refractivity contribution in [2.24, 2.45) is 16.5 Å². The molecule has 0 aliphatic rings. The van der Waals surface area contributed by atoms with Crippen LogP contribution in [-0.2, 0) is 4.79 Å². The minimum atomic E-state index is -0.464. The van der Waals surface area contributed by atoms with Gasteiger partial charge in [0.25, 0.3) is 5.91 Å². The van der Waals surface area contributed by atoms with Crippen LogP contribution < -0.4 is 11.5 Å². The van der Waals surface area contributed by atoms with Crippen molar-refractivity contribution >= 4 is 17.9 Å². The molecular formula is C10H11N3O. The minimum absolute atomic E-state index is 0.229. The van der Waals surface area contributed by atoms with E-state index >= 15 is 0 Å². The van der Waals surface area contributed by atoms with Crippen molar-refractivity contribution in [1.82, 2.24) is 0 Å². The molecule has 0 aromatic heterocycles. The number of nitrogens with two attached hydrogens (primary N) is 2. The molecule has 14 heavy (non-hydrogen) atoms. The van der Waals surface area contributed by atoms with E-state index in [1.807, 2.05) is 30.3 Å². The van der Waals surface area contributed by atoms with Gasteiger partial charge < -0.3 is 11.5 Å². The molecule has 0 saturated heterocycles. The largest absolute Gasteiger partial charge is 0.370 e. The van der Waals surface area contributed by atoms with Gasteiger partial charge in [-0.25, -0.2) is 0 Å². The molecule has 0 atom stereocenters. The highest BCUT2D eigenvalue weighted by Gasteiger charge is 1.91. The summed E-state index contributed by atoms with van der Waals surface area (Å²) in [4.78, 5) is 14.3. The Bertz CT molecular complexity index is 364. The molecular weight excluding hydrogens is 178 g/mol. The topological polar surface area (TPSA) is 81.5 Å². The van der Waals surface area contributed by atoms with Crippen molar-refractivity contribution in [2.45, 2.75) is 0 Å². The number of guanidine groups is 1. The lowest BCUT2D eigenvalue weighted by atomic mass is 10.2. The Morgan fingerprint density at radius 2 is 1.86 bits per heavy atom. The van der Waals surface area contributed by atoms with Crippen molar-refractivity contribution in [1.29, 1.82) is 0 Å². The first-order valence-electron chi connectivity index (χ1n) is 4.05. The summed E-state index contributed by atoms with van der Waals surface area (Å²) in [7, 11) is 0. The van der Waals surface area contributed by atoms with Crippen LogP contribution in [0.5, 0.6) is 0 Å². The third kappa shape index (κ3) is 3.53. The molecule has 0 aliphatic carbocycles. The van der Waals surface area contributed by atoms with Crippen molar-refractivity contribution in [3.63, 3.8) is 0 Å². The van der Waals surface area contributed by atoms with E-state index in [2.05, 4.69) is 4.99 Å². The smallest absolute Gasteiger partial charge is 0.272 e. The van der Waals surface area contributed by atoms with E-state index in [-0.39, 0.29) is 5.96 Å². The van der Waals surface area contributed by atoms with Gasteiger partial charge in [0.2, 0.25) is 0 Å². The summed E-state index contributed by atoms with van der Waals surface area (Å²) in [5.41, 5.74) is 11.0. The van der Waals surface area contributed by atoms with Gasteiger partial charge >= 0.3 is 0 Å². The van der Waals surface area contributed by atoms with Gasteiger partial charge in [-0.15, -0.1) is 0 Å². The van der Waals surface area contributed by atoms with Crippen LogP contribution in [0.25, 0.3) is 6.08 Å². The molecule has 4 nitrogen and oxygen atoms in total. The maximum absolute atomic E-state index is 11.0. The SMILES string of the molecule is NC(N)=NC(=O)C=Cc1ccccc1. The van der Waals surface area contributed by atoms with Gasteiger partial charge in [0.05, 0.1) is 0 Å². The highest BCUT2D eigenvalue weighted by atomic mass is 16.1. The molecule has 0 radical (unpaired) electrons. The van der Waals surface area contributed by atoms with Crippen LogP contribution in [0.2, 0.25) is 0 Å². The molecule has 72 valence electrons. The van der Waals surface area contributed by atoms with Gasteiger partial charge in [-0.2, -0.15) is 4.99 Å². The number of nitrogens with zero attached hydrogens (tertiary/aromatic N) is 1. The summed E-state index contributed by atoms with van der Waals surface area (Å²) in [6, 6.07) is 9.41. The third-order valence-corrected chi connectivity index (χ3v) is 1.46. The third-order valence-electron chi connectivity index (χ3n) is 1.46. The van der Waals surface area contributed by atoms with Crippen LogP contribution >= 0.6 is 0 Å². The highest BCUT2D eigenvalue weighted by Crippen LogP contribution is 2.00. The fourth-order valence-corrected chi connectivity index (χ4v) is 0.896. The highest BCUT2D eigenvalue weighted by molar-refractivity contribution is 5.99. The predicted octanol–water partition coefficient (Wildman–Crippen LogP) is 0.500. The maximum Gasteiger partial charge on any atom is 0.272 e. The molecule has 4 heteroatoms. The molecule has 1 aromatic rings. The molecule has 0 fully saturated rings. The second kappa shape index (κ2) is 4.81. The summed E-state index contributed by atoms with van der Waals surface area (Å²) in [5.74, 6) is -0.693. The molecule has 0 aliphatic heterocycles. The van der Waals surface area contributed by atoms with Gasteiger partial charge in [-0.3, -0.25) is 4.79 Å². The van der Waals surface area contributed by atoms with E-state index in [4.69, 9.17) is 11.5 Å². The number of hydrogen-bond donors (Lipinski definition) is 2. The van der Waals surface area contributed by atoms with Crippen LogP contribution in [0, 0.1) is 0 Å². The molecule has 1 amide bonds. The fourth-order valence-electron chi connectivity index (χ4n) is 0.896. The van der Waals surface area contributed by atoms with Crippen LogP contribution in [0.1, 0.15) is 5.56 Å². The lowest BCUT2D eigenvalue weighted by molar-refractivity contribution is -0.113. The van der Waals surface area contributed by atoms with Crippen LogP contribution in [0.15, 0.2) is 41.4 Å². The first-order valence-corrected chi connectivity index (χ1v) is 4.05. The predicted molar refractivity (Wildman–Crippen MR) is 56.3 cm³/mol. The number of carbonyl (C=O) groups is 1. The Hall–Kier alpha value is -2.10. The quantitative estimate of drug-likeness (QED) is 0.404. The second-order valence-corrected chi connectivity index (χ2v) is 2.62. The number of amides is 1. The number of aliphatic imine (C=N–C) groups is 1. The van der Waals surface area contributed by atoms with Gasteiger partial charge in [0, 0.05) is 6.08 Å². The lowest BCUT2D eigenvalue weighted by Gasteiger charge is -1.90. The fraction of sp³-hybridized carbons (Fsp3) is 0. The first kappa shape index (κ1) is 9.98. The average Bonchev–Trinajstić information content (AvgIpc) is 2.15. The molecule has 0 unspecified atom stereocenters. The van der Waals surface area contributed by atoms with Crippen molar-refractivity contribution in [2.75, 3.05) is 0 Å². The zero-order valence-electron chi connectivity index (χ0n) is 7.55. The van der Waals surface area contributed by atoms with Gasteiger partial charge in [0.15, 0.2) is 5.96 Å². The molecule has 0 spiro atoms.